The normalized spacial score (nSPS) is 20.0. The molecule has 2 fully saturated rings. The quantitative estimate of drug-likeness (QED) is 0.847. The number of piperidine rings is 1. The summed E-state index contributed by atoms with van der Waals surface area (Å²) < 4.78 is 0. The summed E-state index contributed by atoms with van der Waals surface area (Å²) >= 11 is 0. The van der Waals surface area contributed by atoms with Gasteiger partial charge in [0, 0.05) is 38.3 Å². The van der Waals surface area contributed by atoms with Gasteiger partial charge in [-0.2, -0.15) is 0 Å². The molecule has 1 aromatic heterocycles. The van der Waals surface area contributed by atoms with Gasteiger partial charge in [0.05, 0.1) is 0 Å². The van der Waals surface area contributed by atoms with Crippen LogP contribution in [0.5, 0.6) is 0 Å². The second kappa shape index (κ2) is 5.43. The maximum atomic E-state index is 12.1. The molecule has 1 aliphatic carbocycles. The van der Waals surface area contributed by atoms with Crippen molar-refractivity contribution < 1.29 is 4.79 Å². The lowest BCUT2D eigenvalue weighted by atomic mass is 10.0. The van der Waals surface area contributed by atoms with Gasteiger partial charge in [-0.3, -0.25) is 4.79 Å². The van der Waals surface area contributed by atoms with Crippen LogP contribution >= 0.6 is 0 Å². The number of nitrogens with zero attached hydrogens (tertiary/aromatic N) is 3. The maximum absolute atomic E-state index is 12.1. The van der Waals surface area contributed by atoms with E-state index < -0.39 is 0 Å². The van der Waals surface area contributed by atoms with Crippen molar-refractivity contribution in [3.05, 3.63) is 23.9 Å². The zero-order chi connectivity index (χ0) is 14.1. The number of aromatic nitrogens is 1. The highest BCUT2D eigenvalue weighted by molar-refractivity contribution is 5.81. The van der Waals surface area contributed by atoms with Crippen LogP contribution in [-0.2, 0) is 4.79 Å². The topological polar surface area (TPSA) is 36.4 Å². The first-order valence-corrected chi connectivity index (χ1v) is 7.59. The van der Waals surface area contributed by atoms with Crippen LogP contribution in [-0.4, -0.2) is 42.0 Å². The predicted octanol–water partition coefficient (Wildman–Crippen LogP) is 2.23. The van der Waals surface area contributed by atoms with E-state index in [-0.39, 0.29) is 0 Å². The van der Waals surface area contributed by atoms with E-state index in [0.717, 1.165) is 44.6 Å². The molecule has 0 radical (unpaired) electrons. The molecule has 1 aromatic rings. The summed E-state index contributed by atoms with van der Waals surface area (Å²) in [5.41, 5.74) is 1.19. The summed E-state index contributed by atoms with van der Waals surface area (Å²) in [6.07, 6.45) is 6.20. The molecule has 0 N–H and O–H groups in total. The van der Waals surface area contributed by atoms with Gasteiger partial charge >= 0.3 is 0 Å². The summed E-state index contributed by atoms with van der Waals surface area (Å²) in [5.74, 6) is 1.75. The predicted molar refractivity (Wildman–Crippen MR) is 79.7 cm³/mol. The molecule has 1 aliphatic heterocycles. The minimum Gasteiger partial charge on any atom is -0.356 e. The van der Waals surface area contributed by atoms with Crippen molar-refractivity contribution in [1.82, 2.24) is 9.88 Å². The Hall–Kier alpha value is -1.58. The van der Waals surface area contributed by atoms with Gasteiger partial charge in [0.2, 0.25) is 5.91 Å². The fourth-order valence-electron chi connectivity index (χ4n) is 2.93. The molecular formula is C16H23N3O. The first-order chi connectivity index (χ1) is 9.65. The van der Waals surface area contributed by atoms with Crippen molar-refractivity contribution >= 4 is 11.7 Å². The number of carbonyl (C=O) groups excluding carboxylic acids is 1. The SMILES string of the molecule is Cc1ccc(N2CCC(N(C)C(=O)C3CC3)CC2)nc1. The van der Waals surface area contributed by atoms with E-state index in [2.05, 4.69) is 28.9 Å². The molecule has 0 atom stereocenters. The van der Waals surface area contributed by atoms with Gasteiger partial charge in [0.15, 0.2) is 0 Å². The summed E-state index contributed by atoms with van der Waals surface area (Å²) in [4.78, 5) is 20.9. The Morgan fingerprint density at radius 1 is 1.25 bits per heavy atom. The van der Waals surface area contributed by atoms with Gasteiger partial charge in [0.25, 0.3) is 0 Å². The fourth-order valence-corrected chi connectivity index (χ4v) is 2.93. The molecule has 2 aliphatic rings. The Bertz CT molecular complexity index is 473. The molecule has 0 spiro atoms. The van der Waals surface area contributed by atoms with Crippen molar-refractivity contribution in [3.63, 3.8) is 0 Å². The molecule has 2 heterocycles. The number of hydrogen-bond donors (Lipinski definition) is 0. The van der Waals surface area contributed by atoms with E-state index in [4.69, 9.17) is 0 Å². The molecule has 20 heavy (non-hydrogen) atoms. The van der Waals surface area contributed by atoms with Crippen molar-refractivity contribution in [1.29, 1.82) is 0 Å². The summed E-state index contributed by atoms with van der Waals surface area (Å²) in [6, 6.07) is 4.61. The minimum atomic E-state index is 0.330. The molecule has 108 valence electrons. The molecular weight excluding hydrogens is 250 g/mol. The first-order valence-electron chi connectivity index (χ1n) is 7.59. The van der Waals surface area contributed by atoms with Crippen molar-refractivity contribution in [2.75, 3.05) is 25.0 Å². The van der Waals surface area contributed by atoms with Gasteiger partial charge in [0.1, 0.15) is 5.82 Å². The number of carbonyl (C=O) groups is 1. The van der Waals surface area contributed by atoms with Crippen LogP contribution in [0.2, 0.25) is 0 Å². The molecule has 4 heteroatoms. The molecule has 1 saturated carbocycles. The lowest BCUT2D eigenvalue weighted by Crippen LogP contribution is -2.46. The Balaban J connectivity index is 1.56. The first kappa shape index (κ1) is 13.4. The number of aryl methyl sites for hydroxylation is 1. The fraction of sp³-hybridized carbons (Fsp3) is 0.625. The monoisotopic (exact) mass is 273 g/mol. The van der Waals surface area contributed by atoms with Gasteiger partial charge < -0.3 is 9.80 Å². The lowest BCUT2D eigenvalue weighted by molar-refractivity contribution is -0.133. The number of anilines is 1. The van der Waals surface area contributed by atoms with E-state index in [0.29, 0.717) is 17.9 Å². The molecule has 0 bridgehead atoms. The Kier molecular flexibility index (Phi) is 3.64. The highest BCUT2D eigenvalue weighted by Crippen LogP contribution is 2.32. The third-order valence-electron chi connectivity index (χ3n) is 4.51. The molecule has 1 amide bonds. The number of amides is 1. The number of hydrogen-bond acceptors (Lipinski definition) is 3. The highest BCUT2D eigenvalue weighted by Gasteiger charge is 2.35. The van der Waals surface area contributed by atoms with Crippen LogP contribution in [0.15, 0.2) is 18.3 Å². The maximum Gasteiger partial charge on any atom is 0.225 e. The van der Waals surface area contributed by atoms with Gasteiger partial charge in [-0.15, -0.1) is 0 Å². The molecule has 0 aromatic carbocycles. The van der Waals surface area contributed by atoms with E-state index in [1.165, 1.54) is 5.56 Å². The summed E-state index contributed by atoms with van der Waals surface area (Å²) in [6.45, 7) is 4.04. The summed E-state index contributed by atoms with van der Waals surface area (Å²) in [5, 5.41) is 0. The Labute approximate surface area is 120 Å². The lowest BCUT2D eigenvalue weighted by Gasteiger charge is -2.37. The van der Waals surface area contributed by atoms with Crippen LogP contribution in [0.4, 0.5) is 5.82 Å². The van der Waals surface area contributed by atoms with Crippen molar-refractivity contribution in [2.45, 2.75) is 38.6 Å². The molecule has 3 rings (SSSR count). The van der Waals surface area contributed by atoms with Gasteiger partial charge in [-0.25, -0.2) is 4.98 Å². The van der Waals surface area contributed by atoms with Crippen LogP contribution < -0.4 is 4.90 Å². The Morgan fingerprint density at radius 2 is 1.95 bits per heavy atom. The second-order valence-electron chi connectivity index (χ2n) is 6.14. The number of rotatable bonds is 3. The van der Waals surface area contributed by atoms with Gasteiger partial charge in [-0.05, 0) is 44.2 Å². The van der Waals surface area contributed by atoms with Gasteiger partial charge in [-0.1, -0.05) is 6.07 Å². The zero-order valence-corrected chi connectivity index (χ0v) is 12.4. The van der Waals surface area contributed by atoms with Crippen molar-refractivity contribution in [2.24, 2.45) is 5.92 Å². The van der Waals surface area contributed by atoms with Crippen LogP contribution in [0, 0.1) is 12.8 Å². The Morgan fingerprint density at radius 3 is 2.50 bits per heavy atom. The average molecular weight is 273 g/mol. The average Bonchev–Trinajstić information content (AvgIpc) is 3.31. The largest absolute Gasteiger partial charge is 0.356 e. The van der Waals surface area contributed by atoms with Crippen molar-refractivity contribution in [3.8, 4) is 0 Å². The van der Waals surface area contributed by atoms with Crippen LogP contribution in [0.25, 0.3) is 0 Å². The zero-order valence-electron chi connectivity index (χ0n) is 12.4. The van der Waals surface area contributed by atoms with E-state index in [1.54, 1.807) is 0 Å². The van der Waals surface area contributed by atoms with E-state index in [1.807, 2.05) is 18.1 Å². The molecule has 1 saturated heterocycles. The smallest absolute Gasteiger partial charge is 0.225 e. The minimum absolute atomic E-state index is 0.330. The molecule has 0 unspecified atom stereocenters. The summed E-state index contributed by atoms with van der Waals surface area (Å²) in [7, 11) is 1.98. The van der Waals surface area contributed by atoms with E-state index >= 15 is 0 Å². The van der Waals surface area contributed by atoms with Crippen LogP contribution in [0.1, 0.15) is 31.2 Å². The standard InChI is InChI=1S/C16H23N3O/c1-12-3-6-15(17-11-12)19-9-7-14(8-10-19)18(2)16(20)13-4-5-13/h3,6,11,13-14H,4-5,7-10H2,1-2H3. The highest BCUT2D eigenvalue weighted by atomic mass is 16.2. The third-order valence-corrected chi connectivity index (χ3v) is 4.51. The van der Waals surface area contributed by atoms with E-state index in [9.17, 15) is 4.79 Å². The third kappa shape index (κ3) is 2.79. The number of pyridine rings is 1. The molecule has 4 nitrogen and oxygen atoms in total. The second-order valence-corrected chi connectivity index (χ2v) is 6.14. The van der Waals surface area contributed by atoms with Crippen LogP contribution in [0.3, 0.4) is 0 Å².